The van der Waals surface area contributed by atoms with Crippen molar-refractivity contribution < 1.29 is 0 Å². The third-order valence-electron chi connectivity index (χ3n) is 26.2. The zero-order valence-corrected chi connectivity index (χ0v) is 70.2. The van der Waals surface area contributed by atoms with Gasteiger partial charge in [-0.3, -0.25) is 0 Å². The molecule has 8 nitrogen and oxygen atoms in total. The average Bonchev–Trinajstić information content (AvgIpc) is 1.55. The van der Waals surface area contributed by atoms with Gasteiger partial charge in [-0.15, -0.1) is 0 Å². The smallest absolute Gasteiger partial charge is 0.0998 e. The number of fused-ring (bicyclic) bond motifs is 12. The van der Waals surface area contributed by atoms with Crippen molar-refractivity contribution >= 4 is 87.2 Å². The van der Waals surface area contributed by atoms with E-state index in [4.69, 9.17) is 0 Å². The molecule has 0 amide bonds. The predicted molar refractivity (Wildman–Crippen MR) is 520 cm³/mol. The van der Waals surface area contributed by atoms with Crippen molar-refractivity contribution in [3.63, 3.8) is 0 Å². The summed E-state index contributed by atoms with van der Waals surface area (Å²) in [7, 11) is 0. The van der Waals surface area contributed by atoms with Gasteiger partial charge in [-0.2, -0.15) is 21.0 Å². The monoisotopic (exact) mass is 1610 g/mol. The summed E-state index contributed by atoms with van der Waals surface area (Å²) in [5, 5.41) is 52.6. The molecule has 22 rings (SSSR count). The molecule has 4 heterocycles. The maximum absolute atomic E-state index is 11.8. The summed E-state index contributed by atoms with van der Waals surface area (Å²) in [6, 6.07) is 140. The molecule has 0 aliphatic carbocycles. The molecule has 22 aromatic rings. The molecule has 0 spiro atoms. The molecule has 4 aromatic heterocycles. The maximum atomic E-state index is 11.8. The van der Waals surface area contributed by atoms with Crippen LogP contribution < -0.4 is 0 Å². The number of rotatable bonds is 13. The summed E-state index contributed by atoms with van der Waals surface area (Å²) in [5.74, 6) is 0. The van der Waals surface area contributed by atoms with Gasteiger partial charge < -0.3 is 18.3 Å². The lowest BCUT2D eigenvalue weighted by atomic mass is 9.88. The molecule has 0 fully saturated rings. The quantitative estimate of drug-likeness (QED) is 0.114. The lowest BCUT2D eigenvalue weighted by Crippen LogP contribution is -2.06. The zero-order chi connectivity index (χ0) is 85.3. The van der Waals surface area contributed by atoms with Gasteiger partial charge in [-0.25, -0.2) is 0 Å². The van der Waals surface area contributed by atoms with Crippen LogP contribution in [0.2, 0.25) is 0 Å². The number of para-hydroxylation sites is 2. The minimum absolute atomic E-state index is 0.471. The van der Waals surface area contributed by atoms with Crippen LogP contribution in [0.3, 0.4) is 0 Å². The SMILES string of the molecule is Cc1ccccc1-c1ccc2c(c1)c1ccccc1n2-c1cc(C#N)c(-c2cccc(C#N)c2)cc1-n1c2ccccc2c2cc(-c3ccc(-c4cccc(C)c4-c4ccc5c6ccc(-c7ccccc7C)cc6n(-c6cc(-c7cccc(C#N)c7)c(C#N)cc6-n6c7cc(-c8ccccc8C)ccc7c7ccc(-c8ccccc8C)cc76)c5c4)cc3C)ccc21. The van der Waals surface area contributed by atoms with Crippen molar-refractivity contribution in [2.24, 2.45) is 0 Å². The fourth-order valence-corrected chi connectivity index (χ4v) is 20.1. The van der Waals surface area contributed by atoms with E-state index in [9.17, 15) is 21.0 Å². The van der Waals surface area contributed by atoms with E-state index in [0.29, 0.717) is 27.8 Å². The van der Waals surface area contributed by atoms with Gasteiger partial charge in [0.05, 0.1) is 113 Å². The highest BCUT2D eigenvalue weighted by Crippen LogP contribution is 2.49. The van der Waals surface area contributed by atoms with E-state index < -0.39 is 0 Å². The molecular formula is C118H78N8. The largest absolute Gasteiger partial charge is 0.307 e. The first-order valence-corrected chi connectivity index (χ1v) is 42.7. The Bertz CT molecular complexity index is 8510. The molecular weight excluding hydrogens is 1530 g/mol. The number of hydrogen-bond acceptors (Lipinski definition) is 4. The van der Waals surface area contributed by atoms with Crippen LogP contribution in [0.5, 0.6) is 0 Å². The second-order valence-corrected chi connectivity index (χ2v) is 33.4. The van der Waals surface area contributed by atoms with Crippen molar-refractivity contribution in [2.75, 3.05) is 0 Å². The van der Waals surface area contributed by atoms with E-state index in [2.05, 4.69) is 393 Å². The van der Waals surface area contributed by atoms with Gasteiger partial charge in [0.25, 0.3) is 0 Å². The first-order valence-electron chi connectivity index (χ1n) is 42.7. The molecule has 0 radical (unpaired) electrons. The number of aryl methyl sites for hydroxylation is 6. The van der Waals surface area contributed by atoms with Crippen LogP contribution in [0.4, 0.5) is 0 Å². The van der Waals surface area contributed by atoms with Crippen molar-refractivity contribution in [3.8, 4) is 147 Å². The van der Waals surface area contributed by atoms with E-state index in [-0.39, 0.29) is 0 Å². The molecule has 590 valence electrons. The summed E-state index contributed by atoms with van der Waals surface area (Å²) >= 11 is 0. The van der Waals surface area contributed by atoms with Crippen molar-refractivity contribution in [1.82, 2.24) is 18.3 Å². The fourth-order valence-electron chi connectivity index (χ4n) is 20.1. The van der Waals surface area contributed by atoms with Gasteiger partial charge in [0.2, 0.25) is 0 Å². The maximum Gasteiger partial charge on any atom is 0.0998 e. The number of hydrogen-bond donors (Lipinski definition) is 0. The Morgan fingerprint density at radius 3 is 0.873 bits per heavy atom. The number of benzene rings is 18. The minimum Gasteiger partial charge on any atom is -0.307 e. The minimum atomic E-state index is 0.471. The molecule has 0 saturated heterocycles. The standard InChI is InChI=1S/C118H78N8/c1-71-22-7-11-31-90(71)82-45-52-108-104(57-82)96-35-15-17-38-106(96)123(108)114-63-88(69-121)102(79-29-20-27-77(55-79)67-119)65-116(114)124-107-39-18-16-36-97(107)105-58-83(46-53-109(105)124)94-47-40-81(54-76(94)6)95-37-19-26-75(5)118(95)87-44-51-101-100-50-43-86(93-34-14-10-25-74(93)4)61-112(100)126(113(101)62-87)117-66-103(80-30-21-28-78(56-80)68-120)89(70-122)64-115(117)125-110-59-84(91-32-12-8-23-72(91)2)41-48-98(110)99-49-42-85(60-111(99)125)92-33-13-9-24-73(92)3/h7-66H,1-6H3. The van der Waals surface area contributed by atoms with Crippen LogP contribution >= 0.6 is 0 Å². The van der Waals surface area contributed by atoms with Gasteiger partial charge in [-0.1, -0.05) is 255 Å². The lowest BCUT2D eigenvalue weighted by molar-refractivity contribution is 1.09. The second kappa shape index (κ2) is 30.1. The summed E-state index contributed by atoms with van der Waals surface area (Å²) < 4.78 is 9.56. The predicted octanol–water partition coefficient (Wildman–Crippen LogP) is 30.4. The molecule has 0 bridgehead atoms. The van der Waals surface area contributed by atoms with E-state index >= 15 is 0 Å². The molecule has 0 aliphatic rings. The third-order valence-corrected chi connectivity index (χ3v) is 26.2. The average molecular weight is 1610 g/mol. The van der Waals surface area contributed by atoms with E-state index in [0.717, 1.165) is 216 Å². The molecule has 18 aromatic carbocycles. The van der Waals surface area contributed by atoms with Crippen molar-refractivity contribution in [1.29, 1.82) is 21.0 Å². The van der Waals surface area contributed by atoms with Crippen LogP contribution in [-0.2, 0) is 0 Å². The van der Waals surface area contributed by atoms with Crippen LogP contribution in [-0.4, -0.2) is 18.3 Å². The Morgan fingerprint density at radius 1 is 0.175 bits per heavy atom. The van der Waals surface area contributed by atoms with Crippen LogP contribution in [0.15, 0.2) is 364 Å². The van der Waals surface area contributed by atoms with Crippen LogP contribution in [0.1, 0.15) is 55.6 Å². The summed E-state index contributed by atoms with van der Waals surface area (Å²) in [4.78, 5) is 0. The Balaban J connectivity index is 0.729. The van der Waals surface area contributed by atoms with Gasteiger partial charge in [-0.05, 0) is 273 Å². The zero-order valence-electron chi connectivity index (χ0n) is 70.2. The molecule has 0 saturated carbocycles. The summed E-state index contributed by atoms with van der Waals surface area (Å²) in [5.41, 5.74) is 38.7. The number of nitrogens with zero attached hydrogens (tertiary/aromatic N) is 8. The topological polar surface area (TPSA) is 115 Å². The van der Waals surface area contributed by atoms with Crippen LogP contribution in [0.25, 0.3) is 210 Å². The molecule has 8 heteroatoms. The Morgan fingerprint density at radius 2 is 0.468 bits per heavy atom. The van der Waals surface area contributed by atoms with Crippen molar-refractivity contribution in [3.05, 3.63) is 420 Å². The first-order chi connectivity index (χ1) is 61.8. The Kier molecular flexibility index (Phi) is 18.0. The molecule has 126 heavy (non-hydrogen) atoms. The molecule has 0 atom stereocenters. The van der Waals surface area contributed by atoms with Gasteiger partial charge in [0, 0.05) is 54.2 Å². The highest BCUT2D eigenvalue weighted by molar-refractivity contribution is 6.17. The second-order valence-electron chi connectivity index (χ2n) is 33.4. The Hall–Kier alpha value is -16.9. The molecule has 0 unspecified atom stereocenters. The summed E-state index contributed by atoms with van der Waals surface area (Å²) in [6.07, 6.45) is 0. The Labute approximate surface area is 730 Å². The van der Waals surface area contributed by atoms with E-state index in [1.807, 2.05) is 48.5 Å². The number of aromatic nitrogens is 4. The first kappa shape index (κ1) is 75.3. The molecule has 0 aliphatic heterocycles. The lowest BCUT2D eigenvalue weighted by Gasteiger charge is -2.21. The van der Waals surface area contributed by atoms with Crippen LogP contribution in [0, 0.1) is 86.9 Å². The third kappa shape index (κ3) is 12.2. The summed E-state index contributed by atoms with van der Waals surface area (Å²) in [6.45, 7) is 13.1. The van der Waals surface area contributed by atoms with Crippen molar-refractivity contribution in [2.45, 2.75) is 41.5 Å². The molecule has 0 N–H and O–H groups in total. The number of nitriles is 4. The van der Waals surface area contributed by atoms with Gasteiger partial charge in [0.15, 0.2) is 0 Å². The van der Waals surface area contributed by atoms with E-state index in [1.54, 1.807) is 6.07 Å². The highest BCUT2D eigenvalue weighted by Gasteiger charge is 2.29. The van der Waals surface area contributed by atoms with Gasteiger partial charge >= 0.3 is 0 Å². The fraction of sp³-hybridized carbons (Fsp3) is 0.0508. The highest BCUT2D eigenvalue weighted by atomic mass is 15.1. The van der Waals surface area contributed by atoms with E-state index in [1.165, 1.54) is 22.3 Å². The normalized spacial score (nSPS) is 11.5. The van der Waals surface area contributed by atoms with Gasteiger partial charge in [0.1, 0.15) is 0 Å².